The molecule has 1 rings (SSSR count). The van der Waals surface area contributed by atoms with E-state index in [1.807, 2.05) is 0 Å². The summed E-state index contributed by atoms with van der Waals surface area (Å²) in [5.74, 6) is -1.10. The second-order valence-corrected chi connectivity index (χ2v) is 3.54. The number of carbonyl (C=O) groups is 1. The van der Waals surface area contributed by atoms with Gasteiger partial charge in [0.25, 0.3) is 0 Å². The summed E-state index contributed by atoms with van der Waals surface area (Å²) in [6.07, 6.45) is 4.06. The van der Waals surface area contributed by atoms with Gasteiger partial charge in [0.15, 0.2) is 0 Å². The molecule has 0 bridgehead atoms. The molecule has 1 fully saturated rings. The molecule has 0 amide bonds. The monoisotopic (exact) mass is 366 g/mol. The first-order valence-corrected chi connectivity index (χ1v) is 3.93. The zero-order valence-electron chi connectivity index (χ0n) is 6.31. The van der Waals surface area contributed by atoms with Crippen LogP contribution in [0.3, 0.4) is 0 Å². The maximum atomic E-state index is 10.4. The molecule has 0 N–H and O–H groups in total. The quantitative estimate of drug-likeness (QED) is 0.495. The van der Waals surface area contributed by atoms with Crippen LogP contribution in [0.2, 0.25) is 0 Å². The number of carboxylic acids is 1. The van der Waals surface area contributed by atoms with Gasteiger partial charge >= 0.3 is 27.3 Å². The van der Waals surface area contributed by atoms with Gasteiger partial charge < -0.3 is 9.90 Å². The molecule has 0 aromatic heterocycles. The van der Waals surface area contributed by atoms with E-state index in [0.717, 1.165) is 19.3 Å². The third-order valence-corrected chi connectivity index (χ3v) is 2.54. The van der Waals surface area contributed by atoms with Crippen LogP contribution in [-0.4, -0.2) is 38.1 Å². The van der Waals surface area contributed by atoms with E-state index in [1.165, 1.54) is 0 Å². The molecule has 2 nitrogen and oxygen atoms in total. The van der Waals surface area contributed by atoms with E-state index in [0.29, 0.717) is 12.8 Å². The van der Waals surface area contributed by atoms with Crippen molar-refractivity contribution >= 4 is 44.9 Å². The largest absolute Gasteiger partial charge is 1.00 e. The van der Waals surface area contributed by atoms with Crippen LogP contribution in [0.25, 0.3) is 0 Å². The number of rotatable bonds is 1. The number of hydrogen-bond donors (Lipinski definition) is 0. The summed E-state index contributed by atoms with van der Waals surface area (Å²) in [4.78, 5) is 9.39. The summed E-state index contributed by atoms with van der Waals surface area (Å²) in [6, 6.07) is 0. The Bertz CT molecular complexity index is 143. The van der Waals surface area contributed by atoms with E-state index in [9.17, 15) is 9.90 Å². The smallest absolute Gasteiger partial charge is 0.548 e. The third-order valence-electron chi connectivity index (χ3n) is 2.01. The van der Waals surface area contributed by atoms with Crippen molar-refractivity contribution < 1.29 is 9.90 Å². The van der Waals surface area contributed by atoms with Gasteiger partial charge in [-0.2, -0.15) is 0 Å². The normalized spacial score (nSPS) is 21.9. The molecule has 0 unspecified atom stereocenters. The van der Waals surface area contributed by atoms with Crippen LogP contribution in [0.5, 0.6) is 0 Å². The molecule has 0 radical (unpaired) electrons. The first-order chi connectivity index (χ1) is 4.65. The fourth-order valence-corrected chi connectivity index (χ4v) is 1.58. The molecular weight excluding hydrogens is 356 g/mol. The molecule has 1 aliphatic carbocycles. The third kappa shape index (κ3) is 2.89. The van der Waals surface area contributed by atoms with E-state index >= 15 is 0 Å². The van der Waals surface area contributed by atoms with Gasteiger partial charge in [-0.1, -0.05) is 19.3 Å². The second-order valence-electron chi connectivity index (χ2n) is 2.81. The van der Waals surface area contributed by atoms with Gasteiger partial charge in [0.05, 0.1) is 10.8 Å². The maximum absolute atomic E-state index is 10.4. The number of alkyl halides is 1. The number of halogens is 1. The minimum atomic E-state index is -1.10. The van der Waals surface area contributed by atoms with Crippen molar-refractivity contribution in [1.82, 2.24) is 0 Å². The van der Waals surface area contributed by atoms with Crippen LogP contribution >= 0.6 is 11.6 Å². The molecule has 0 aromatic rings. The molecule has 1 saturated carbocycles. The van der Waals surface area contributed by atoms with Crippen LogP contribution in [0, 0.1) is 0 Å². The summed E-state index contributed by atoms with van der Waals surface area (Å²) < 4.78 is 0. The Kier molecular flexibility index (Phi) is 4.93. The SMILES string of the molecule is O=C([O-])C1(Cl)CCCCC1.[Tl+]. The Balaban J connectivity index is 0.000001000. The average molecular weight is 366 g/mol. The Morgan fingerprint density at radius 3 is 2.00 bits per heavy atom. The van der Waals surface area contributed by atoms with Gasteiger partial charge in [0.2, 0.25) is 0 Å². The van der Waals surface area contributed by atoms with Crippen molar-refractivity contribution in [1.29, 1.82) is 0 Å². The number of carboxylic acid groups (broad SMARTS) is 1. The number of aliphatic carboxylic acids is 1. The van der Waals surface area contributed by atoms with Gasteiger partial charge in [0.1, 0.15) is 0 Å². The summed E-state index contributed by atoms with van der Waals surface area (Å²) in [5, 5.41) is 10.4. The fourth-order valence-electron chi connectivity index (χ4n) is 1.32. The molecule has 0 aromatic carbocycles. The summed E-state index contributed by atoms with van der Waals surface area (Å²) in [5.41, 5.74) is 0. The number of carbonyl (C=O) groups excluding carboxylic acids is 1. The maximum Gasteiger partial charge on any atom is 1.00 e. The first kappa shape index (κ1) is 11.7. The molecule has 1 aliphatic rings. The minimum Gasteiger partial charge on any atom is -0.548 e. The van der Waals surface area contributed by atoms with Crippen molar-refractivity contribution in [2.75, 3.05) is 0 Å². The van der Waals surface area contributed by atoms with Gasteiger partial charge in [0, 0.05) is 0 Å². The van der Waals surface area contributed by atoms with Crippen LogP contribution in [0.4, 0.5) is 0 Å². The topological polar surface area (TPSA) is 40.1 Å². The Labute approximate surface area is 91.5 Å². The second kappa shape index (κ2) is 4.65. The van der Waals surface area contributed by atoms with Gasteiger partial charge in [-0.15, -0.1) is 11.6 Å². The predicted molar refractivity (Wildman–Crippen MR) is 42.4 cm³/mol. The Morgan fingerprint density at radius 2 is 1.73 bits per heavy atom. The molecular formula is C7H10ClO2Tl. The van der Waals surface area contributed by atoms with Crippen molar-refractivity contribution in [2.24, 2.45) is 0 Å². The Morgan fingerprint density at radius 1 is 1.27 bits per heavy atom. The molecule has 0 atom stereocenters. The predicted octanol–water partition coefficient (Wildman–Crippen LogP) is 0.297. The van der Waals surface area contributed by atoms with Crippen molar-refractivity contribution in [2.45, 2.75) is 37.0 Å². The van der Waals surface area contributed by atoms with Crippen LogP contribution in [0.1, 0.15) is 32.1 Å². The minimum absolute atomic E-state index is 0. The van der Waals surface area contributed by atoms with Crippen LogP contribution in [-0.2, 0) is 4.79 Å². The first-order valence-electron chi connectivity index (χ1n) is 3.55. The molecule has 0 aliphatic heterocycles. The summed E-state index contributed by atoms with van der Waals surface area (Å²) in [7, 11) is 0. The van der Waals surface area contributed by atoms with E-state index in [1.54, 1.807) is 0 Å². The van der Waals surface area contributed by atoms with E-state index in [-0.39, 0.29) is 27.3 Å². The molecule has 11 heavy (non-hydrogen) atoms. The molecule has 60 valence electrons. The van der Waals surface area contributed by atoms with Crippen LogP contribution in [0.15, 0.2) is 0 Å². The molecule has 0 saturated heterocycles. The van der Waals surface area contributed by atoms with Crippen molar-refractivity contribution in [3.8, 4) is 0 Å². The van der Waals surface area contributed by atoms with E-state index < -0.39 is 10.8 Å². The number of hydrogen-bond acceptors (Lipinski definition) is 2. The molecule has 0 heterocycles. The summed E-state index contributed by atoms with van der Waals surface area (Å²) in [6.45, 7) is 0. The zero-order chi connectivity index (χ0) is 7.61. The standard InChI is InChI=1S/C7H11ClO2.Tl/c8-7(6(9)10)4-2-1-3-5-7;/h1-5H2,(H,9,10);/q;+1/p-1. The average Bonchev–Trinajstić information content (AvgIpc) is 1.89. The van der Waals surface area contributed by atoms with Crippen LogP contribution < -0.4 is 5.11 Å². The summed E-state index contributed by atoms with van der Waals surface area (Å²) >= 11 is 5.75. The van der Waals surface area contributed by atoms with E-state index in [2.05, 4.69) is 0 Å². The van der Waals surface area contributed by atoms with Gasteiger partial charge in [-0.05, 0) is 12.8 Å². The van der Waals surface area contributed by atoms with E-state index in [4.69, 9.17) is 11.6 Å². The molecule has 0 spiro atoms. The Hall–Kier alpha value is 0.682. The fraction of sp³-hybridized carbons (Fsp3) is 0.857. The molecule has 4 heteroatoms. The van der Waals surface area contributed by atoms with Gasteiger partial charge in [-0.25, -0.2) is 0 Å². The zero-order valence-corrected chi connectivity index (χ0v) is 11.6. The van der Waals surface area contributed by atoms with Gasteiger partial charge in [-0.3, -0.25) is 0 Å². The van der Waals surface area contributed by atoms with Crippen molar-refractivity contribution in [3.63, 3.8) is 0 Å². The van der Waals surface area contributed by atoms with Crippen molar-refractivity contribution in [3.05, 3.63) is 0 Å².